The summed E-state index contributed by atoms with van der Waals surface area (Å²) in [6.45, 7) is 2.00. The van der Waals surface area contributed by atoms with Crippen molar-refractivity contribution in [2.75, 3.05) is 0 Å². The molecule has 0 aliphatic carbocycles. The largest absolute Gasteiger partial charge is 0.481 e. The molecule has 4 nitrogen and oxygen atoms in total. The molecular weight excluding hydrogens is 284 g/mol. The Balaban J connectivity index is 2.30. The first-order valence-corrected chi connectivity index (χ1v) is 5.87. The Hall–Kier alpha value is -1.62. The molecule has 1 aromatic heterocycles. The maximum absolute atomic E-state index is 10.6. The van der Waals surface area contributed by atoms with Gasteiger partial charge < -0.3 is 5.11 Å². The lowest BCUT2D eigenvalue weighted by molar-refractivity contribution is -0.136. The smallest absolute Gasteiger partial charge is 0.307 e. The SMILES string of the molecule is Cc1cc(-n2cc(CC(=O)O)cn2)ccc1Br. The summed E-state index contributed by atoms with van der Waals surface area (Å²) >= 11 is 3.43. The number of rotatable bonds is 3. The molecule has 88 valence electrons. The van der Waals surface area contributed by atoms with Gasteiger partial charge >= 0.3 is 5.97 Å². The fraction of sp³-hybridized carbons (Fsp3) is 0.167. The van der Waals surface area contributed by atoms with Gasteiger partial charge in [-0.1, -0.05) is 15.9 Å². The Morgan fingerprint density at radius 1 is 1.53 bits per heavy atom. The molecule has 0 aliphatic heterocycles. The van der Waals surface area contributed by atoms with Crippen molar-refractivity contribution in [3.63, 3.8) is 0 Å². The lowest BCUT2D eigenvalue weighted by Crippen LogP contribution is -1.99. The van der Waals surface area contributed by atoms with Crippen LogP contribution in [-0.4, -0.2) is 20.9 Å². The third-order valence-corrected chi connectivity index (χ3v) is 3.29. The van der Waals surface area contributed by atoms with Gasteiger partial charge in [0, 0.05) is 16.2 Å². The molecule has 0 radical (unpaired) electrons. The van der Waals surface area contributed by atoms with Crippen LogP contribution in [0.2, 0.25) is 0 Å². The number of hydrogen-bond acceptors (Lipinski definition) is 2. The second kappa shape index (κ2) is 4.71. The van der Waals surface area contributed by atoms with Crippen LogP contribution in [-0.2, 0) is 11.2 Å². The minimum absolute atomic E-state index is 0.00445. The zero-order valence-corrected chi connectivity index (χ0v) is 10.8. The van der Waals surface area contributed by atoms with Crippen LogP contribution in [0.3, 0.4) is 0 Å². The number of aromatic nitrogens is 2. The van der Waals surface area contributed by atoms with E-state index in [4.69, 9.17) is 5.11 Å². The highest BCUT2D eigenvalue weighted by atomic mass is 79.9. The predicted octanol–water partition coefficient (Wildman–Crippen LogP) is 2.57. The minimum Gasteiger partial charge on any atom is -0.481 e. The summed E-state index contributed by atoms with van der Waals surface area (Å²) in [5.74, 6) is -0.850. The van der Waals surface area contributed by atoms with Crippen molar-refractivity contribution in [3.05, 3.63) is 46.2 Å². The lowest BCUT2D eigenvalue weighted by atomic mass is 10.2. The molecule has 17 heavy (non-hydrogen) atoms. The molecule has 1 heterocycles. The average molecular weight is 295 g/mol. The average Bonchev–Trinajstić information content (AvgIpc) is 2.69. The summed E-state index contributed by atoms with van der Waals surface area (Å²) < 4.78 is 2.72. The van der Waals surface area contributed by atoms with Crippen molar-refractivity contribution >= 4 is 21.9 Å². The van der Waals surface area contributed by atoms with Crippen molar-refractivity contribution < 1.29 is 9.90 Å². The van der Waals surface area contributed by atoms with Gasteiger partial charge in [0.25, 0.3) is 0 Å². The fourth-order valence-corrected chi connectivity index (χ4v) is 1.79. The van der Waals surface area contributed by atoms with Gasteiger partial charge in [0.1, 0.15) is 0 Å². The van der Waals surface area contributed by atoms with Crippen molar-refractivity contribution in [1.29, 1.82) is 0 Å². The molecule has 5 heteroatoms. The van der Waals surface area contributed by atoms with E-state index in [0.717, 1.165) is 15.7 Å². The van der Waals surface area contributed by atoms with Gasteiger partial charge in [-0.25, -0.2) is 4.68 Å². The number of carboxylic acids is 1. The second-order valence-corrected chi connectivity index (χ2v) is 4.65. The molecule has 1 aromatic carbocycles. The number of hydrogen-bond donors (Lipinski definition) is 1. The van der Waals surface area contributed by atoms with Gasteiger partial charge in [0.05, 0.1) is 18.3 Å². The summed E-state index contributed by atoms with van der Waals surface area (Å²) in [5, 5.41) is 12.8. The molecule has 0 amide bonds. The van der Waals surface area contributed by atoms with Crippen molar-refractivity contribution in [1.82, 2.24) is 9.78 Å². The highest BCUT2D eigenvalue weighted by molar-refractivity contribution is 9.10. The Kier molecular flexibility index (Phi) is 3.28. The summed E-state index contributed by atoms with van der Waals surface area (Å²) in [5.41, 5.74) is 2.72. The highest BCUT2D eigenvalue weighted by Crippen LogP contribution is 2.19. The summed E-state index contributed by atoms with van der Waals surface area (Å²) in [6, 6.07) is 5.86. The molecule has 0 aliphatic rings. The first kappa shape index (κ1) is 11.9. The molecule has 0 saturated heterocycles. The van der Waals surface area contributed by atoms with Crippen LogP contribution in [0.15, 0.2) is 35.1 Å². The number of aliphatic carboxylic acids is 1. The van der Waals surface area contributed by atoms with Crippen LogP contribution in [0.5, 0.6) is 0 Å². The van der Waals surface area contributed by atoms with Gasteiger partial charge in [-0.3, -0.25) is 4.79 Å². The summed E-state index contributed by atoms with van der Waals surface area (Å²) in [6.07, 6.45) is 3.30. The number of nitrogens with zero attached hydrogens (tertiary/aromatic N) is 2. The van der Waals surface area contributed by atoms with Crippen LogP contribution < -0.4 is 0 Å². The van der Waals surface area contributed by atoms with E-state index in [-0.39, 0.29) is 6.42 Å². The molecule has 2 rings (SSSR count). The predicted molar refractivity (Wildman–Crippen MR) is 67.3 cm³/mol. The maximum atomic E-state index is 10.6. The maximum Gasteiger partial charge on any atom is 0.307 e. The van der Waals surface area contributed by atoms with Gasteiger partial charge in [0.15, 0.2) is 0 Å². The Morgan fingerprint density at radius 2 is 2.29 bits per heavy atom. The Bertz CT molecular complexity index is 563. The number of halogens is 1. The Morgan fingerprint density at radius 3 is 2.94 bits per heavy atom. The van der Waals surface area contributed by atoms with Crippen LogP contribution in [0, 0.1) is 6.92 Å². The highest BCUT2D eigenvalue weighted by Gasteiger charge is 2.05. The van der Waals surface area contributed by atoms with Gasteiger partial charge in [-0.05, 0) is 30.7 Å². The number of carbonyl (C=O) groups is 1. The zero-order valence-electron chi connectivity index (χ0n) is 9.22. The van der Waals surface area contributed by atoms with Crippen molar-refractivity contribution in [2.45, 2.75) is 13.3 Å². The zero-order chi connectivity index (χ0) is 12.4. The monoisotopic (exact) mass is 294 g/mol. The van der Waals surface area contributed by atoms with Crippen LogP contribution in [0.1, 0.15) is 11.1 Å². The molecule has 0 fully saturated rings. The van der Waals surface area contributed by atoms with E-state index in [0.29, 0.717) is 5.56 Å². The van der Waals surface area contributed by atoms with Gasteiger partial charge in [0.2, 0.25) is 0 Å². The number of benzene rings is 1. The fourth-order valence-electron chi connectivity index (χ4n) is 1.54. The van der Waals surface area contributed by atoms with E-state index >= 15 is 0 Å². The van der Waals surface area contributed by atoms with E-state index in [2.05, 4.69) is 21.0 Å². The van der Waals surface area contributed by atoms with Crippen LogP contribution in [0.4, 0.5) is 0 Å². The quantitative estimate of drug-likeness (QED) is 0.947. The molecule has 0 unspecified atom stereocenters. The van der Waals surface area contributed by atoms with E-state index in [1.54, 1.807) is 17.1 Å². The van der Waals surface area contributed by atoms with Crippen LogP contribution in [0.25, 0.3) is 5.69 Å². The van der Waals surface area contributed by atoms with Crippen molar-refractivity contribution in [3.8, 4) is 5.69 Å². The molecule has 0 saturated carbocycles. The molecular formula is C12H11BrN2O2. The molecule has 0 spiro atoms. The topological polar surface area (TPSA) is 55.1 Å². The first-order valence-electron chi connectivity index (χ1n) is 5.08. The first-order chi connectivity index (χ1) is 8.06. The Labute approximate surface area is 107 Å². The number of carboxylic acid groups (broad SMARTS) is 1. The molecule has 0 atom stereocenters. The van der Waals surface area contributed by atoms with Crippen LogP contribution >= 0.6 is 15.9 Å². The minimum atomic E-state index is -0.850. The molecule has 0 bridgehead atoms. The number of aryl methyl sites for hydroxylation is 1. The van der Waals surface area contributed by atoms with Gasteiger partial charge in [-0.2, -0.15) is 5.10 Å². The summed E-state index contributed by atoms with van der Waals surface area (Å²) in [7, 11) is 0. The van der Waals surface area contributed by atoms with E-state index in [9.17, 15) is 4.79 Å². The lowest BCUT2D eigenvalue weighted by Gasteiger charge is -2.03. The molecule has 2 aromatic rings. The second-order valence-electron chi connectivity index (χ2n) is 3.80. The standard InChI is InChI=1S/C12H11BrN2O2/c1-8-4-10(2-3-11(8)13)15-7-9(6-14-15)5-12(16)17/h2-4,6-7H,5H2,1H3,(H,16,17). The normalized spacial score (nSPS) is 10.5. The van der Waals surface area contributed by atoms with Crippen molar-refractivity contribution in [2.24, 2.45) is 0 Å². The van der Waals surface area contributed by atoms with E-state index < -0.39 is 5.97 Å². The van der Waals surface area contributed by atoms with Gasteiger partial charge in [-0.15, -0.1) is 0 Å². The summed E-state index contributed by atoms with van der Waals surface area (Å²) in [4.78, 5) is 10.6. The van der Waals surface area contributed by atoms with E-state index in [1.807, 2.05) is 25.1 Å². The third kappa shape index (κ3) is 2.74. The van der Waals surface area contributed by atoms with E-state index in [1.165, 1.54) is 0 Å². The molecule has 1 N–H and O–H groups in total. The third-order valence-electron chi connectivity index (χ3n) is 2.40.